The lowest BCUT2D eigenvalue weighted by Gasteiger charge is -2.32. The highest BCUT2D eigenvalue weighted by atomic mass is 16.5. The number of nitrogens with zero attached hydrogens (tertiary/aromatic N) is 4. The molecule has 1 aliphatic rings. The van der Waals surface area contributed by atoms with Crippen LogP contribution in [0.1, 0.15) is 18.5 Å². The summed E-state index contributed by atoms with van der Waals surface area (Å²) >= 11 is 0. The summed E-state index contributed by atoms with van der Waals surface area (Å²) in [6.07, 6.45) is 3.30. The van der Waals surface area contributed by atoms with Crippen LogP contribution in [0.4, 0.5) is 11.7 Å². The lowest BCUT2D eigenvalue weighted by Crippen LogP contribution is -2.41. The Bertz CT molecular complexity index is 986. The van der Waals surface area contributed by atoms with Gasteiger partial charge >= 0.3 is 0 Å². The Morgan fingerprint density at radius 1 is 1.24 bits per heavy atom. The van der Waals surface area contributed by atoms with Crippen LogP contribution in [-0.4, -0.2) is 41.2 Å². The van der Waals surface area contributed by atoms with Crippen LogP contribution in [0.2, 0.25) is 0 Å². The number of benzene rings is 1. The maximum Gasteiger partial charge on any atom is 0.231 e. The number of nitrogens with one attached hydrogen (secondary N) is 1. The molecule has 0 saturated carbocycles. The summed E-state index contributed by atoms with van der Waals surface area (Å²) in [7, 11) is 1.64. The molecule has 1 unspecified atom stereocenters. The fourth-order valence-corrected chi connectivity index (χ4v) is 3.48. The van der Waals surface area contributed by atoms with Crippen LogP contribution in [0.15, 0.2) is 47.2 Å². The van der Waals surface area contributed by atoms with Crippen molar-refractivity contribution in [2.24, 2.45) is 5.92 Å². The van der Waals surface area contributed by atoms with Crippen molar-refractivity contribution in [2.75, 3.05) is 30.4 Å². The number of rotatable bonds is 5. The molecular weight excluding hydrogens is 370 g/mol. The molecule has 1 fully saturated rings. The first-order chi connectivity index (χ1) is 14.1. The molecule has 4 rings (SSSR count). The third-order valence-corrected chi connectivity index (χ3v) is 5.03. The number of hydrogen-bond acceptors (Lipinski definition) is 7. The summed E-state index contributed by atoms with van der Waals surface area (Å²) < 4.78 is 10.3. The van der Waals surface area contributed by atoms with E-state index in [1.54, 1.807) is 19.5 Å². The minimum Gasteiger partial charge on any atom is -0.497 e. The summed E-state index contributed by atoms with van der Waals surface area (Å²) in [5.74, 6) is 1.80. The number of carbonyl (C=O) groups excluding carboxylic acids is 1. The maximum absolute atomic E-state index is 12.6. The second-order valence-corrected chi connectivity index (χ2v) is 7.10. The molecule has 1 N–H and O–H groups in total. The Labute approximate surface area is 168 Å². The molecule has 0 aliphatic carbocycles. The first kappa shape index (κ1) is 18.9. The molecule has 1 aromatic carbocycles. The summed E-state index contributed by atoms with van der Waals surface area (Å²) in [5, 5.41) is 6.61. The summed E-state index contributed by atoms with van der Waals surface area (Å²) in [6, 6.07) is 11.4. The molecule has 150 valence electrons. The molecule has 0 bridgehead atoms. The van der Waals surface area contributed by atoms with E-state index in [0.29, 0.717) is 12.4 Å². The van der Waals surface area contributed by atoms with Crippen molar-refractivity contribution in [2.45, 2.75) is 19.8 Å². The van der Waals surface area contributed by atoms with Crippen molar-refractivity contribution in [3.63, 3.8) is 0 Å². The van der Waals surface area contributed by atoms with E-state index in [-0.39, 0.29) is 11.8 Å². The number of methoxy groups -OCH3 is 1. The summed E-state index contributed by atoms with van der Waals surface area (Å²) in [5.41, 5.74) is 2.56. The Morgan fingerprint density at radius 2 is 2.07 bits per heavy atom. The van der Waals surface area contributed by atoms with Crippen LogP contribution in [0.3, 0.4) is 0 Å². The SMILES string of the molecule is COc1ccc(-c2cc(N3CCCC(C(=O)Nc4cc(C)no4)C3)ncn2)cc1. The van der Waals surface area contributed by atoms with Crippen LogP contribution in [0.5, 0.6) is 5.75 Å². The van der Waals surface area contributed by atoms with E-state index in [1.807, 2.05) is 37.3 Å². The number of carbonyl (C=O) groups is 1. The fourth-order valence-electron chi connectivity index (χ4n) is 3.48. The molecular formula is C21H23N5O3. The number of amides is 1. The molecule has 1 aliphatic heterocycles. The van der Waals surface area contributed by atoms with Crippen LogP contribution >= 0.6 is 0 Å². The third kappa shape index (κ3) is 4.37. The van der Waals surface area contributed by atoms with Gasteiger partial charge in [-0.05, 0) is 44.0 Å². The molecule has 2 aromatic heterocycles. The summed E-state index contributed by atoms with van der Waals surface area (Å²) in [6.45, 7) is 3.26. The smallest absolute Gasteiger partial charge is 0.231 e. The van der Waals surface area contributed by atoms with Gasteiger partial charge in [0, 0.05) is 30.8 Å². The largest absolute Gasteiger partial charge is 0.497 e. The third-order valence-electron chi connectivity index (χ3n) is 5.03. The highest BCUT2D eigenvalue weighted by Crippen LogP contribution is 2.26. The first-order valence-corrected chi connectivity index (χ1v) is 9.58. The molecule has 3 heterocycles. The Hall–Kier alpha value is -3.42. The lowest BCUT2D eigenvalue weighted by atomic mass is 9.97. The monoisotopic (exact) mass is 393 g/mol. The average Bonchev–Trinajstić information content (AvgIpc) is 3.18. The second-order valence-electron chi connectivity index (χ2n) is 7.10. The van der Waals surface area contributed by atoms with E-state index >= 15 is 0 Å². The van der Waals surface area contributed by atoms with Crippen molar-refractivity contribution in [3.8, 4) is 17.0 Å². The Kier molecular flexibility index (Phi) is 5.41. The van der Waals surface area contributed by atoms with Gasteiger partial charge in [0.1, 0.15) is 17.9 Å². The number of ether oxygens (including phenoxy) is 1. The number of anilines is 2. The van der Waals surface area contributed by atoms with E-state index in [0.717, 1.165) is 47.9 Å². The standard InChI is InChI=1S/C21H23N5O3/c1-14-10-20(29-25-14)24-21(27)16-4-3-9-26(12-16)19-11-18(22-13-23-19)15-5-7-17(28-2)8-6-15/h5-8,10-11,13,16H,3-4,9,12H2,1-2H3,(H,24,27). The van der Waals surface area contributed by atoms with Gasteiger partial charge in [0.2, 0.25) is 11.8 Å². The van der Waals surface area contributed by atoms with Gasteiger partial charge in [0.05, 0.1) is 24.4 Å². The van der Waals surface area contributed by atoms with Gasteiger partial charge in [-0.15, -0.1) is 0 Å². The van der Waals surface area contributed by atoms with Crippen molar-refractivity contribution < 1.29 is 14.1 Å². The predicted molar refractivity (Wildman–Crippen MR) is 109 cm³/mol. The van der Waals surface area contributed by atoms with Gasteiger partial charge in [-0.1, -0.05) is 5.16 Å². The molecule has 1 saturated heterocycles. The minimum atomic E-state index is -0.145. The zero-order valence-corrected chi connectivity index (χ0v) is 16.5. The second kappa shape index (κ2) is 8.30. The minimum absolute atomic E-state index is 0.0599. The average molecular weight is 393 g/mol. The van der Waals surface area contributed by atoms with Crippen LogP contribution in [0, 0.1) is 12.8 Å². The highest BCUT2D eigenvalue weighted by molar-refractivity contribution is 5.91. The molecule has 8 heteroatoms. The molecule has 29 heavy (non-hydrogen) atoms. The lowest BCUT2D eigenvalue weighted by molar-refractivity contribution is -0.120. The zero-order chi connectivity index (χ0) is 20.2. The number of aromatic nitrogens is 3. The van der Waals surface area contributed by atoms with Gasteiger partial charge in [-0.25, -0.2) is 9.97 Å². The molecule has 1 atom stereocenters. The van der Waals surface area contributed by atoms with Gasteiger partial charge in [-0.2, -0.15) is 0 Å². The van der Waals surface area contributed by atoms with Crippen molar-refractivity contribution in [1.82, 2.24) is 15.1 Å². The highest BCUT2D eigenvalue weighted by Gasteiger charge is 2.27. The first-order valence-electron chi connectivity index (χ1n) is 9.58. The van der Waals surface area contributed by atoms with E-state index in [9.17, 15) is 4.79 Å². The quantitative estimate of drug-likeness (QED) is 0.711. The maximum atomic E-state index is 12.6. The van der Waals surface area contributed by atoms with E-state index < -0.39 is 0 Å². The normalized spacial score (nSPS) is 16.5. The van der Waals surface area contributed by atoms with Gasteiger partial charge in [0.15, 0.2) is 0 Å². The summed E-state index contributed by atoms with van der Waals surface area (Å²) in [4.78, 5) is 23.6. The zero-order valence-electron chi connectivity index (χ0n) is 16.5. The predicted octanol–water partition coefficient (Wildman–Crippen LogP) is 3.30. The van der Waals surface area contributed by atoms with Gasteiger partial charge in [-0.3, -0.25) is 10.1 Å². The van der Waals surface area contributed by atoms with Crippen LogP contribution in [0.25, 0.3) is 11.3 Å². The number of aryl methyl sites for hydroxylation is 1. The Balaban J connectivity index is 1.47. The van der Waals surface area contributed by atoms with Gasteiger partial charge in [0.25, 0.3) is 0 Å². The van der Waals surface area contributed by atoms with E-state index in [1.165, 1.54) is 0 Å². The molecule has 0 spiro atoms. The number of hydrogen-bond donors (Lipinski definition) is 1. The Morgan fingerprint density at radius 3 is 2.79 bits per heavy atom. The van der Waals surface area contributed by atoms with Gasteiger partial charge < -0.3 is 14.2 Å². The number of piperidine rings is 1. The topological polar surface area (TPSA) is 93.4 Å². The molecule has 3 aromatic rings. The fraction of sp³-hybridized carbons (Fsp3) is 0.333. The van der Waals surface area contributed by atoms with Crippen LogP contribution < -0.4 is 15.0 Å². The van der Waals surface area contributed by atoms with Crippen molar-refractivity contribution in [1.29, 1.82) is 0 Å². The molecule has 0 radical (unpaired) electrons. The molecule has 8 nitrogen and oxygen atoms in total. The van der Waals surface area contributed by atoms with Crippen molar-refractivity contribution in [3.05, 3.63) is 48.4 Å². The van der Waals surface area contributed by atoms with Crippen LogP contribution in [-0.2, 0) is 4.79 Å². The van der Waals surface area contributed by atoms with E-state index in [4.69, 9.17) is 9.26 Å². The van der Waals surface area contributed by atoms with Crippen molar-refractivity contribution >= 4 is 17.6 Å². The van der Waals surface area contributed by atoms with E-state index in [2.05, 4.69) is 25.3 Å². The molecule has 1 amide bonds.